The Bertz CT molecular complexity index is 32.8. The predicted octanol–water partition coefficient (Wildman–Crippen LogP) is 0.632. The molecular weight excluding hydrogens is 102 g/mol. The third-order valence-electron chi connectivity index (χ3n) is 0.658. The van der Waals surface area contributed by atoms with Crippen molar-refractivity contribution in [3.05, 3.63) is 0 Å². The van der Waals surface area contributed by atoms with E-state index in [9.17, 15) is 0 Å². The van der Waals surface area contributed by atoms with Gasteiger partial charge in [0.2, 0.25) is 0 Å². The molecule has 1 fully saturated rings. The lowest BCUT2D eigenvalue weighted by Crippen LogP contribution is -1.84. The van der Waals surface area contributed by atoms with Gasteiger partial charge < -0.3 is 10.1 Å². The molecule has 0 atom stereocenters. The fourth-order valence-corrected chi connectivity index (χ4v) is 0.204. The second-order valence-electron chi connectivity index (χ2n) is 1.53. The number of rotatable bonds is 2. The SMILES string of the molecule is C1CN1.CCOCC. The Hall–Kier alpha value is -0.0800. The zero-order chi connectivity index (χ0) is 6.24. The maximum absolute atomic E-state index is 4.83. The van der Waals surface area contributed by atoms with Gasteiger partial charge in [-0.25, -0.2) is 0 Å². The molecule has 0 aromatic rings. The lowest BCUT2D eigenvalue weighted by Gasteiger charge is -1.86. The van der Waals surface area contributed by atoms with E-state index in [-0.39, 0.29) is 0 Å². The highest BCUT2D eigenvalue weighted by atomic mass is 16.5. The Balaban J connectivity index is 0.000000135. The van der Waals surface area contributed by atoms with Gasteiger partial charge in [-0.2, -0.15) is 0 Å². The molecule has 0 radical (unpaired) electrons. The second kappa shape index (κ2) is 6.92. The zero-order valence-corrected chi connectivity index (χ0v) is 5.74. The van der Waals surface area contributed by atoms with Gasteiger partial charge in [-0.3, -0.25) is 0 Å². The van der Waals surface area contributed by atoms with Crippen LogP contribution in [0.2, 0.25) is 0 Å². The smallest absolute Gasteiger partial charge is 0.0437 e. The summed E-state index contributed by atoms with van der Waals surface area (Å²) in [5, 5.41) is 3.00. The largest absolute Gasteiger partial charge is 0.382 e. The van der Waals surface area contributed by atoms with Gasteiger partial charge >= 0.3 is 0 Å². The van der Waals surface area contributed by atoms with Crippen LogP contribution in [0.3, 0.4) is 0 Å². The van der Waals surface area contributed by atoms with E-state index in [2.05, 4.69) is 5.32 Å². The summed E-state index contributed by atoms with van der Waals surface area (Å²) in [6, 6.07) is 0. The average molecular weight is 117 g/mol. The van der Waals surface area contributed by atoms with Gasteiger partial charge in [-0.1, -0.05) is 0 Å². The lowest BCUT2D eigenvalue weighted by molar-refractivity contribution is 0.162. The number of nitrogens with one attached hydrogen (secondary N) is 1. The fourth-order valence-electron chi connectivity index (χ4n) is 0.204. The van der Waals surface area contributed by atoms with Crippen LogP contribution in [0.15, 0.2) is 0 Å². The van der Waals surface area contributed by atoms with E-state index in [4.69, 9.17) is 4.74 Å². The van der Waals surface area contributed by atoms with E-state index in [1.54, 1.807) is 0 Å². The molecule has 1 heterocycles. The summed E-state index contributed by atoms with van der Waals surface area (Å²) in [5.74, 6) is 0. The molecule has 0 amide bonds. The standard InChI is InChI=1S/C4H10O.C2H5N/c1-3-5-4-2;1-2-3-1/h3-4H2,1-2H3;3H,1-2H2. The van der Waals surface area contributed by atoms with Gasteiger partial charge in [0.1, 0.15) is 0 Å². The highest BCUT2D eigenvalue weighted by molar-refractivity contribution is 4.58. The van der Waals surface area contributed by atoms with Crippen molar-refractivity contribution >= 4 is 0 Å². The van der Waals surface area contributed by atoms with E-state index in [1.165, 1.54) is 13.1 Å². The van der Waals surface area contributed by atoms with Crippen LogP contribution in [0.25, 0.3) is 0 Å². The van der Waals surface area contributed by atoms with Crippen molar-refractivity contribution in [1.82, 2.24) is 5.32 Å². The van der Waals surface area contributed by atoms with Crippen LogP contribution in [-0.4, -0.2) is 26.3 Å². The maximum Gasteiger partial charge on any atom is 0.0437 e. The Kier molecular flexibility index (Phi) is 6.85. The first-order valence-electron chi connectivity index (χ1n) is 3.20. The predicted molar refractivity (Wildman–Crippen MR) is 35.0 cm³/mol. The van der Waals surface area contributed by atoms with Crippen molar-refractivity contribution in [3.63, 3.8) is 0 Å². The number of hydrogen-bond acceptors (Lipinski definition) is 2. The molecule has 0 aromatic carbocycles. The Morgan fingerprint density at radius 1 is 1.25 bits per heavy atom. The van der Waals surface area contributed by atoms with E-state index in [1.807, 2.05) is 13.8 Å². The van der Waals surface area contributed by atoms with Gasteiger partial charge in [0.05, 0.1) is 0 Å². The van der Waals surface area contributed by atoms with Gasteiger partial charge in [-0.15, -0.1) is 0 Å². The summed E-state index contributed by atoms with van der Waals surface area (Å²) < 4.78 is 4.83. The third kappa shape index (κ3) is 16.8. The molecule has 0 spiro atoms. The van der Waals surface area contributed by atoms with Crippen LogP contribution in [0.4, 0.5) is 0 Å². The quantitative estimate of drug-likeness (QED) is 0.538. The summed E-state index contributed by atoms with van der Waals surface area (Å²) >= 11 is 0. The maximum atomic E-state index is 4.83. The molecule has 0 aliphatic carbocycles. The van der Waals surface area contributed by atoms with E-state index in [0.717, 1.165) is 13.2 Å². The molecule has 0 unspecified atom stereocenters. The minimum Gasteiger partial charge on any atom is -0.382 e. The first-order valence-corrected chi connectivity index (χ1v) is 3.20. The summed E-state index contributed by atoms with van der Waals surface area (Å²) in [5.41, 5.74) is 0. The van der Waals surface area contributed by atoms with Gasteiger partial charge in [0.15, 0.2) is 0 Å². The van der Waals surface area contributed by atoms with Crippen LogP contribution in [0.1, 0.15) is 13.8 Å². The Labute approximate surface area is 51.2 Å². The molecule has 2 nitrogen and oxygen atoms in total. The molecule has 0 saturated carbocycles. The van der Waals surface area contributed by atoms with Crippen LogP contribution in [0.5, 0.6) is 0 Å². The Morgan fingerprint density at radius 3 is 1.62 bits per heavy atom. The molecule has 1 aliphatic rings. The molecule has 50 valence electrons. The highest BCUT2D eigenvalue weighted by Gasteiger charge is 1.91. The molecular formula is C6H15NO. The monoisotopic (exact) mass is 117 g/mol. The normalized spacial score (nSPS) is 14.2. The van der Waals surface area contributed by atoms with Crippen LogP contribution >= 0.6 is 0 Å². The van der Waals surface area contributed by atoms with Crippen LogP contribution < -0.4 is 5.32 Å². The summed E-state index contributed by atoms with van der Waals surface area (Å²) in [6.45, 7) is 8.17. The van der Waals surface area contributed by atoms with Crippen molar-refractivity contribution in [1.29, 1.82) is 0 Å². The van der Waals surface area contributed by atoms with Crippen molar-refractivity contribution < 1.29 is 4.74 Å². The summed E-state index contributed by atoms with van der Waals surface area (Å²) in [4.78, 5) is 0. The fraction of sp³-hybridized carbons (Fsp3) is 1.00. The average Bonchev–Trinajstić information content (AvgIpc) is 2.50. The number of hydrogen-bond donors (Lipinski definition) is 1. The summed E-state index contributed by atoms with van der Waals surface area (Å²) in [6.07, 6.45) is 0. The van der Waals surface area contributed by atoms with E-state index in [0.29, 0.717) is 0 Å². The molecule has 1 N–H and O–H groups in total. The van der Waals surface area contributed by atoms with E-state index >= 15 is 0 Å². The van der Waals surface area contributed by atoms with Crippen molar-refractivity contribution in [2.45, 2.75) is 13.8 Å². The van der Waals surface area contributed by atoms with Gasteiger partial charge in [-0.05, 0) is 13.8 Å². The van der Waals surface area contributed by atoms with Gasteiger partial charge in [0, 0.05) is 26.3 Å². The highest BCUT2D eigenvalue weighted by Crippen LogP contribution is 1.65. The Morgan fingerprint density at radius 2 is 1.62 bits per heavy atom. The molecule has 8 heavy (non-hydrogen) atoms. The molecule has 1 saturated heterocycles. The molecule has 0 aromatic heterocycles. The topological polar surface area (TPSA) is 31.2 Å². The first-order chi connectivity index (χ1) is 3.91. The molecule has 1 aliphatic heterocycles. The minimum absolute atomic E-state index is 0.844. The molecule has 0 bridgehead atoms. The van der Waals surface area contributed by atoms with Crippen LogP contribution in [-0.2, 0) is 4.74 Å². The van der Waals surface area contributed by atoms with Crippen molar-refractivity contribution in [2.75, 3.05) is 26.3 Å². The molecule has 1 rings (SSSR count). The zero-order valence-electron chi connectivity index (χ0n) is 5.74. The third-order valence-corrected chi connectivity index (χ3v) is 0.658. The summed E-state index contributed by atoms with van der Waals surface area (Å²) in [7, 11) is 0. The number of ether oxygens (including phenoxy) is 1. The minimum atomic E-state index is 0.844. The molecule has 2 heteroatoms. The van der Waals surface area contributed by atoms with Crippen molar-refractivity contribution in [2.24, 2.45) is 0 Å². The van der Waals surface area contributed by atoms with Crippen LogP contribution in [0, 0.1) is 0 Å². The van der Waals surface area contributed by atoms with Crippen molar-refractivity contribution in [3.8, 4) is 0 Å². The van der Waals surface area contributed by atoms with E-state index < -0.39 is 0 Å². The first kappa shape index (κ1) is 7.92. The van der Waals surface area contributed by atoms with Gasteiger partial charge in [0.25, 0.3) is 0 Å². The second-order valence-corrected chi connectivity index (χ2v) is 1.53. The lowest BCUT2D eigenvalue weighted by atomic mass is 10.8.